The number of aldehydes is 1. The first-order valence-electron chi connectivity index (χ1n) is 5.31. The molecule has 0 fully saturated rings. The van der Waals surface area contributed by atoms with Crippen molar-refractivity contribution in [1.82, 2.24) is 9.55 Å². The highest BCUT2D eigenvalue weighted by atomic mass is 32.2. The van der Waals surface area contributed by atoms with Crippen molar-refractivity contribution < 1.29 is 9.53 Å². The number of aryl methyl sites for hydroxylation is 1. The minimum absolute atomic E-state index is 0.456. The third kappa shape index (κ3) is 4.37. The second-order valence-corrected chi connectivity index (χ2v) is 5.44. The van der Waals surface area contributed by atoms with Gasteiger partial charge in [-0.05, 0) is 12.2 Å². The molecular weight excluding hydrogens is 224 g/mol. The number of hydrogen-bond acceptors (Lipinski definition) is 4. The molecule has 0 spiro atoms. The number of carbonyl (C=O) groups excluding carboxylic acids is 1. The fourth-order valence-corrected chi connectivity index (χ4v) is 1.91. The van der Waals surface area contributed by atoms with Gasteiger partial charge in [-0.25, -0.2) is 4.98 Å². The van der Waals surface area contributed by atoms with E-state index in [4.69, 9.17) is 4.74 Å². The maximum Gasteiger partial charge on any atom is 0.170 e. The molecule has 0 aliphatic heterocycles. The number of aromatic nitrogens is 2. The van der Waals surface area contributed by atoms with E-state index < -0.39 is 0 Å². The summed E-state index contributed by atoms with van der Waals surface area (Å²) in [6.45, 7) is 7.38. The lowest BCUT2D eigenvalue weighted by molar-refractivity contribution is 0.0883. The molecule has 0 aliphatic rings. The molecule has 1 aromatic heterocycles. The van der Waals surface area contributed by atoms with Crippen molar-refractivity contribution in [3.63, 3.8) is 0 Å². The normalized spacial score (nSPS) is 11.0. The van der Waals surface area contributed by atoms with Crippen molar-refractivity contribution in [2.24, 2.45) is 0 Å². The van der Waals surface area contributed by atoms with Crippen LogP contribution in [0.4, 0.5) is 0 Å². The Morgan fingerprint density at radius 3 is 2.94 bits per heavy atom. The molecule has 0 saturated carbocycles. The summed E-state index contributed by atoms with van der Waals surface area (Å²) in [7, 11) is 0. The molecule has 90 valence electrons. The van der Waals surface area contributed by atoms with Crippen LogP contribution in [0.15, 0.2) is 6.20 Å². The fraction of sp³-hybridized carbons (Fsp3) is 0.636. The number of thioether (sulfide) groups is 1. The van der Waals surface area contributed by atoms with E-state index >= 15 is 0 Å². The smallest absolute Gasteiger partial charge is 0.170 e. The summed E-state index contributed by atoms with van der Waals surface area (Å²) in [5.41, 5.74) is 0.456. The van der Waals surface area contributed by atoms with Crippen LogP contribution in [0, 0.1) is 6.92 Å². The molecule has 16 heavy (non-hydrogen) atoms. The number of rotatable bonds is 7. The standard InChI is InChI=1S/C11H18N2O2S/c1-9(2)16-5-4-15-8-13-6-11(7-14)12-10(13)3/h6-7,9H,4-5,8H2,1-3H3. The van der Waals surface area contributed by atoms with E-state index in [0.717, 1.165) is 24.5 Å². The summed E-state index contributed by atoms with van der Waals surface area (Å²) in [4.78, 5) is 14.6. The van der Waals surface area contributed by atoms with Gasteiger partial charge >= 0.3 is 0 Å². The molecule has 0 amide bonds. The Morgan fingerprint density at radius 1 is 1.62 bits per heavy atom. The molecule has 0 bridgehead atoms. The van der Waals surface area contributed by atoms with Gasteiger partial charge in [-0.1, -0.05) is 13.8 Å². The first kappa shape index (κ1) is 13.3. The molecule has 1 rings (SSSR count). The first-order valence-corrected chi connectivity index (χ1v) is 6.36. The summed E-state index contributed by atoms with van der Waals surface area (Å²) in [6.07, 6.45) is 2.45. The lowest BCUT2D eigenvalue weighted by Gasteiger charge is -2.07. The summed E-state index contributed by atoms with van der Waals surface area (Å²) >= 11 is 1.87. The van der Waals surface area contributed by atoms with Crippen molar-refractivity contribution in [3.8, 4) is 0 Å². The van der Waals surface area contributed by atoms with E-state index in [1.807, 2.05) is 23.3 Å². The highest BCUT2D eigenvalue weighted by Gasteiger charge is 2.02. The second kappa shape index (κ2) is 6.70. The highest BCUT2D eigenvalue weighted by Crippen LogP contribution is 2.08. The molecule has 1 heterocycles. The van der Waals surface area contributed by atoms with Crippen molar-refractivity contribution in [3.05, 3.63) is 17.7 Å². The average molecular weight is 242 g/mol. The summed E-state index contributed by atoms with van der Waals surface area (Å²) < 4.78 is 7.33. The average Bonchev–Trinajstić information content (AvgIpc) is 2.59. The van der Waals surface area contributed by atoms with Gasteiger partial charge < -0.3 is 9.30 Å². The summed E-state index contributed by atoms with van der Waals surface area (Å²) in [5, 5.41) is 0.639. The van der Waals surface area contributed by atoms with Gasteiger partial charge in [-0.2, -0.15) is 11.8 Å². The van der Waals surface area contributed by atoms with Crippen LogP contribution in [-0.4, -0.2) is 33.4 Å². The summed E-state index contributed by atoms with van der Waals surface area (Å²) in [5.74, 6) is 1.80. The molecule has 0 aromatic carbocycles. The maximum atomic E-state index is 10.5. The van der Waals surface area contributed by atoms with Gasteiger partial charge in [0.05, 0.1) is 6.61 Å². The van der Waals surface area contributed by atoms with Crippen LogP contribution >= 0.6 is 11.8 Å². The number of ether oxygens (including phenoxy) is 1. The topological polar surface area (TPSA) is 44.1 Å². The Kier molecular flexibility index (Phi) is 5.55. The molecule has 0 saturated heterocycles. The van der Waals surface area contributed by atoms with Crippen molar-refractivity contribution in [1.29, 1.82) is 0 Å². The molecule has 1 aromatic rings. The Bertz CT molecular complexity index is 337. The van der Waals surface area contributed by atoms with Gasteiger partial charge in [0.2, 0.25) is 0 Å². The molecule has 4 nitrogen and oxygen atoms in total. The van der Waals surface area contributed by atoms with Crippen molar-refractivity contribution in [2.75, 3.05) is 12.4 Å². The SMILES string of the molecule is Cc1nc(C=O)cn1COCCSC(C)C. The second-order valence-electron chi connectivity index (χ2n) is 3.76. The molecule has 0 N–H and O–H groups in total. The molecular formula is C11H18N2O2S. The zero-order chi connectivity index (χ0) is 12.0. The van der Waals surface area contributed by atoms with Crippen LogP contribution in [0.1, 0.15) is 30.2 Å². The minimum atomic E-state index is 0.456. The molecule has 0 aliphatic carbocycles. The minimum Gasteiger partial charge on any atom is -0.360 e. The number of nitrogens with zero attached hydrogens (tertiary/aromatic N) is 2. The molecule has 0 atom stereocenters. The van der Waals surface area contributed by atoms with Crippen LogP contribution < -0.4 is 0 Å². The fourth-order valence-electron chi connectivity index (χ4n) is 1.23. The Hall–Kier alpha value is -0.810. The molecule has 5 heteroatoms. The predicted molar refractivity (Wildman–Crippen MR) is 65.9 cm³/mol. The van der Waals surface area contributed by atoms with E-state index in [0.29, 0.717) is 17.7 Å². The van der Waals surface area contributed by atoms with E-state index in [1.54, 1.807) is 6.20 Å². The highest BCUT2D eigenvalue weighted by molar-refractivity contribution is 7.99. The van der Waals surface area contributed by atoms with Crippen LogP contribution in [0.25, 0.3) is 0 Å². The van der Waals surface area contributed by atoms with Crippen LogP contribution in [0.3, 0.4) is 0 Å². The first-order chi connectivity index (χ1) is 7.63. The van der Waals surface area contributed by atoms with Gasteiger partial charge in [-0.15, -0.1) is 0 Å². The number of hydrogen-bond donors (Lipinski definition) is 0. The van der Waals surface area contributed by atoms with E-state index in [1.165, 1.54) is 0 Å². The van der Waals surface area contributed by atoms with Crippen molar-refractivity contribution >= 4 is 18.0 Å². The van der Waals surface area contributed by atoms with Crippen molar-refractivity contribution in [2.45, 2.75) is 32.8 Å². The van der Waals surface area contributed by atoms with Crippen LogP contribution in [-0.2, 0) is 11.5 Å². The zero-order valence-electron chi connectivity index (χ0n) is 9.97. The zero-order valence-corrected chi connectivity index (χ0v) is 10.8. The Balaban J connectivity index is 2.26. The van der Waals surface area contributed by atoms with E-state index in [9.17, 15) is 4.79 Å². The largest absolute Gasteiger partial charge is 0.360 e. The van der Waals surface area contributed by atoms with Gasteiger partial charge in [0.1, 0.15) is 18.2 Å². The van der Waals surface area contributed by atoms with Crippen LogP contribution in [0.2, 0.25) is 0 Å². The van der Waals surface area contributed by atoms with Gasteiger partial charge in [-0.3, -0.25) is 4.79 Å². The number of carbonyl (C=O) groups is 1. The lowest BCUT2D eigenvalue weighted by Crippen LogP contribution is -2.06. The predicted octanol–water partition coefficient (Wildman–Crippen LogP) is 2.12. The lowest BCUT2D eigenvalue weighted by atomic mass is 10.5. The molecule has 0 unspecified atom stereocenters. The van der Waals surface area contributed by atoms with Crippen LogP contribution in [0.5, 0.6) is 0 Å². The molecule has 0 radical (unpaired) electrons. The Morgan fingerprint density at radius 2 is 2.38 bits per heavy atom. The van der Waals surface area contributed by atoms with E-state index in [2.05, 4.69) is 18.8 Å². The van der Waals surface area contributed by atoms with E-state index in [-0.39, 0.29) is 0 Å². The Labute approximate surface area is 100 Å². The van der Waals surface area contributed by atoms with Gasteiger partial charge in [0.25, 0.3) is 0 Å². The van der Waals surface area contributed by atoms with Gasteiger partial charge in [0, 0.05) is 11.9 Å². The quantitative estimate of drug-likeness (QED) is 0.542. The third-order valence-electron chi connectivity index (χ3n) is 2.02. The monoisotopic (exact) mass is 242 g/mol. The summed E-state index contributed by atoms with van der Waals surface area (Å²) in [6, 6.07) is 0. The third-order valence-corrected chi connectivity index (χ3v) is 3.09. The maximum absolute atomic E-state index is 10.5. The van der Waals surface area contributed by atoms with Gasteiger partial charge in [0.15, 0.2) is 6.29 Å². The number of imidazole rings is 1.